The summed E-state index contributed by atoms with van der Waals surface area (Å²) in [6.45, 7) is 4.20. The van der Waals surface area contributed by atoms with E-state index >= 15 is 0 Å². The van der Waals surface area contributed by atoms with Gasteiger partial charge in [0.15, 0.2) is 9.84 Å². The number of ether oxygens (including phenoxy) is 1. The number of amides is 2. The second kappa shape index (κ2) is 12.8. The molecular weight excluding hydrogens is 570 g/mol. The predicted molar refractivity (Wildman–Crippen MR) is 161 cm³/mol. The van der Waals surface area contributed by atoms with Crippen LogP contribution in [-0.4, -0.2) is 90.7 Å². The van der Waals surface area contributed by atoms with Gasteiger partial charge in [-0.25, -0.2) is 18.4 Å². The Kier molecular flexibility index (Phi) is 8.92. The average molecular weight is 604 g/mol. The predicted octanol–water partition coefficient (Wildman–Crippen LogP) is 2.49. The lowest BCUT2D eigenvalue weighted by atomic mass is 10.2. The van der Waals surface area contributed by atoms with Gasteiger partial charge < -0.3 is 19.9 Å². The Morgan fingerprint density at radius 2 is 1.91 bits per heavy atom. The molecule has 4 aromatic rings. The normalized spacial score (nSPS) is 15.0. The van der Waals surface area contributed by atoms with Crippen molar-refractivity contribution in [1.29, 1.82) is 0 Å². The summed E-state index contributed by atoms with van der Waals surface area (Å²) in [5.41, 5.74) is 2.84. The van der Waals surface area contributed by atoms with Gasteiger partial charge in [-0.15, -0.1) is 0 Å². The molecule has 1 aliphatic rings. The van der Waals surface area contributed by atoms with E-state index in [1.807, 2.05) is 37.3 Å². The molecule has 0 spiro atoms. The molecule has 0 aliphatic carbocycles. The van der Waals surface area contributed by atoms with Gasteiger partial charge in [-0.1, -0.05) is 6.07 Å². The highest BCUT2D eigenvalue weighted by Crippen LogP contribution is 2.25. The molecule has 0 bridgehead atoms. The van der Waals surface area contributed by atoms with Crippen molar-refractivity contribution in [2.24, 2.45) is 0 Å². The lowest BCUT2D eigenvalue weighted by molar-refractivity contribution is -0.136. The van der Waals surface area contributed by atoms with E-state index in [1.165, 1.54) is 18.5 Å². The topological polar surface area (TPSA) is 148 Å². The minimum Gasteiger partial charge on any atom is -0.366 e. The van der Waals surface area contributed by atoms with Crippen molar-refractivity contribution in [2.45, 2.75) is 30.9 Å². The Morgan fingerprint density at radius 3 is 2.70 bits per heavy atom. The average Bonchev–Trinajstić information content (AvgIpc) is 3.50. The molecule has 2 amide bonds. The van der Waals surface area contributed by atoms with E-state index in [9.17, 15) is 18.0 Å². The molecule has 5 heterocycles. The van der Waals surface area contributed by atoms with Gasteiger partial charge in [0.25, 0.3) is 5.91 Å². The van der Waals surface area contributed by atoms with Gasteiger partial charge in [-0.3, -0.25) is 19.6 Å². The van der Waals surface area contributed by atoms with E-state index in [1.54, 1.807) is 24.2 Å². The minimum atomic E-state index is -3.49. The summed E-state index contributed by atoms with van der Waals surface area (Å²) in [5.74, 6) is 0.327. The van der Waals surface area contributed by atoms with Crippen LogP contribution in [0, 0.1) is 0 Å². The van der Waals surface area contributed by atoms with E-state index in [4.69, 9.17) is 14.7 Å². The molecule has 1 saturated heterocycles. The number of aromatic nitrogens is 4. The maximum Gasteiger partial charge on any atom is 0.253 e. The zero-order chi connectivity index (χ0) is 30.6. The highest BCUT2D eigenvalue weighted by atomic mass is 32.2. The molecule has 1 N–H and O–H groups in total. The van der Waals surface area contributed by atoms with Gasteiger partial charge in [-0.05, 0) is 49.7 Å². The Balaban J connectivity index is 1.25. The van der Waals surface area contributed by atoms with Gasteiger partial charge in [0.05, 0.1) is 45.7 Å². The number of sulfone groups is 1. The Morgan fingerprint density at radius 1 is 1.09 bits per heavy atom. The lowest BCUT2D eigenvalue weighted by Gasteiger charge is -2.19. The fraction of sp³-hybridized carbons (Fsp3) is 0.333. The quantitative estimate of drug-likeness (QED) is 0.287. The summed E-state index contributed by atoms with van der Waals surface area (Å²) in [5, 5.41) is 3.59. The van der Waals surface area contributed by atoms with Crippen LogP contribution in [0.5, 0.6) is 0 Å². The second-order valence-electron chi connectivity index (χ2n) is 10.4. The van der Waals surface area contributed by atoms with Gasteiger partial charge >= 0.3 is 0 Å². The van der Waals surface area contributed by atoms with Crippen LogP contribution >= 0.6 is 0 Å². The van der Waals surface area contributed by atoms with Crippen LogP contribution in [0.4, 0.5) is 5.82 Å². The Bertz CT molecular complexity index is 1770. The van der Waals surface area contributed by atoms with Crippen LogP contribution in [0.25, 0.3) is 22.3 Å². The number of likely N-dealkylation sites (N-methyl/N-ethyl adjacent to an activating group) is 1. The molecule has 224 valence electrons. The number of carbonyl (C=O) groups is 2. The molecular formula is C30H33N7O5S. The molecule has 0 unspecified atom stereocenters. The van der Waals surface area contributed by atoms with Crippen LogP contribution in [0.15, 0.2) is 66.0 Å². The molecule has 1 fully saturated rings. The summed E-state index contributed by atoms with van der Waals surface area (Å²) < 4.78 is 29.5. The maximum absolute atomic E-state index is 12.6. The lowest BCUT2D eigenvalue weighted by Crippen LogP contribution is -2.32. The number of pyridine rings is 4. The van der Waals surface area contributed by atoms with Crippen LogP contribution in [0.1, 0.15) is 29.4 Å². The molecule has 0 saturated carbocycles. The van der Waals surface area contributed by atoms with E-state index < -0.39 is 15.7 Å². The second-order valence-corrected chi connectivity index (χ2v) is 12.4. The van der Waals surface area contributed by atoms with Gasteiger partial charge in [0.2, 0.25) is 5.91 Å². The zero-order valence-corrected chi connectivity index (χ0v) is 25.0. The number of nitrogens with one attached hydrogen (secondary N) is 1. The number of anilines is 1. The highest BCUT2D eigenvalue weighted by Gasteiger charge is 2.25. The first-order valence-electron chi connectivity index (χ1n) is 13.9. The summed E-state index contributed by atoms with van der Waals surface area (Å²) in [7, 11) is -1.72. The monoisotopic (exact) mass is 603 g/mol. The summed E-state index contributed by atoms with van der Waals surface area (Å²) in [4.78, 5) is 46.5. The molecule has 12 nitrogen and oxygen atoms in total. The van der Waals surface area contributed by atoms with Crippen molar-refractivity contribution in [3.05, 3.63) is 72.3 Å². The summed E-state index contributed by atoms with van der Waals surface area (Å²) in [6.07, 6.45) is 6.05. The zero-order valence-electron chi connectivity index (χ0n) is 24.2. The number of hydrogen-bond donors (Lipinski definition) is 1. The third-order valence-electron chi connectivity index (χ3n) is 7.27. The standard InChI is InChI=1S/C30H33N7O5S/c1-4-36(2)29(38)19-42-23-10-11-37(18-23)28-7-5-6-25(35-28)26-9-8-20-15-32-22(13-27(20)34-26)16-33-30(39)21-12-24(17-31-14-21)43(3,40)41/h5-9,12-15,17,23H,4,10-11,16,18-19H2,1-3H3,(H,33,39)/t23-/m1/s1. The van der Waals surface area contributed by atoms with Gasteiger partial charge in [0, 0.05) is 56.9 Å². The van der Waals surface area contributed by atoms with Crippen molar-refractivity contribution in [3.8, 4) is 11.4 Å². The number of rotatable bonds is 10. The van der Waals surface area contributed by atoms with Crippen LogP contribution in [0.2, 0.25) is 0 Å². The number of hydrogen-bond acceptors (Lipinski definition) is 10. The minimum absolute atomic E-state index is 0.0248. The molecule has 4 aromatic heterocycles. The smallest absolute Gasteiger partial charge is 0.253 e. The van der Waals surface area contributed by atoms with Crippen molar-refractivity contribution < 1.29 is 22.7 Å². The third kappa shape index (κ3) is 7.30. The number of carbonyl (C=O) groups excluding carboxylic acids is 2. The fourth-order valence-corrected chi connectivity index (χ4v) is 5.20. The fourth-order valence-electron chi connectivity index (χ4n) is 4.61. The molecule has 1 atom stereocenters. The van der Waals surface area contributed by atoms with E-state index in [-0.39, 0.29) is 35.6 Å². The third-order valence-corrected chi connectivity index (χ3v) is 8.35. The molecule has 43 heavy (non-hydrogen) atoms. The molecule has 0 aromatic carbocycles. The van der Waals surface area contributed by atoms with Crippen LogP contribution in [0.3, 0.4) is 0 Å². The van der Waals surface area contributed by atoms with E-state index in [0.717, 1.165) is 30.4 Å². The Labute approximate surface area is 250 Å². The SMILES string of the molecule is CCN(C)C(=O)CO[C@@H]1CCN(c2cccc(-c3ccc4cnc(CNC(=O)c5cncc(S(C)(=O)=O)c5)cc4n3)n2)C1. The summed E-state index contributed by atoms with van der Waals surface area (Å²) >= 11 is 0. The number of fused-ring (bicyclic) bond motifs is 1. The van der Waals surface area contributed by atoms with Crippen molar-refractivity contribution in [2.75, 3.05) is 44.4 Å². The van der Waals surface area contributed by atoms with Crippen LogP contribution < -0.4 is 10.2 Å². The molecule has 1 aliphatic heterocycles. The van der Waals surface area contributed by atoms with Gasteiger partial charge in [0.1, 0.15) is 12.4 Å². The largest absolute Gasteiger partial charge is 0.366 e. The first-order chi connectivity index (χ1) is 20.6. The first kappa shape index (κ1) is 30.0. The van der Waals surface area contributed by atoms with E-state index in [0.29, 0.717) is 35.7 Å². The number of nitrogens with zero attached hydrogens (tertiary/aromatic N) is 6. The van der Waals surface area contributed by atoms with Crippen molar-refractivity contribution in [1.82, 2.24) is 30.2 Å². The van der Waals surface area contributed by atoms with Gasteiger partial charge in [-0.2, -0.15) is 0 Å². The molecule has 13 heteroatoms. The maximum atomic E-state index is 12.6. The summed E-state index contributed by atoms with van der Waals surface area (Å²) in [6, 6.07) is 12.7. The van der Waals surface area contributed by atoms with Crippen LogP contribution in [-0.2, 0) is 25.9 Å². The molecule has 5 rings (SSSR count). The van der Waals surface area contributed by atoms with E-state index in [2.05, 4.69) is 20.2 Å². The highest BCUT2D eigenvalue weighted by molar-refractivity contribution is 7.90. The Hall–Kier alpha value is -4.49. The molecule has 0 radical (unpaired) electrons. The van der Waals surface area contributed by atoms with Crippen molar-refractivity contribution in [3.63, 3.8) is 0 Å². The first-order valence-corrected chi connectivity index (χ1v) is 15.8. The van der Waals surface area contributed by atoms with Crippen molar-refractivity contribution >= 4 is 38.4 Å².